The molecule has 0 unspecified atom stereocenters. The molecule has 25 heavy (non-hydrogen) atoms. The van der Waals surface area contributed by atoms with Crippen molar-refractivity contribution in [3.05, 3.63) is 41.6 Å². The Balaban J connectivity index is 0.000000242. The standard InChI is InChI=1S/C13H15ClN2O.C4H4O4/c1-9-8-15-3-4-16(9)12-7-11(14)6-10-2-5-17-13(10)12;5-3(6)1-2-4(7)8/h2,5-7,9,15H,3-4,8H2,1H3;1-2H,(H,5,6)(H,7,8)/b;2-1+/t9-;/m0./s1. The van der Waals surface area contributed by atoms with Gasteiger partial charge < -0.3 is 24.8 Å². The van der Waals surface area contributed by atoms with Crippen LogP contribution in [0.3, 0.4) is 0 Å². The summed E-state index contributed by atoms with van der Waals surface area (Å²) in [7, 11) is 0. The number of piperazine rings is 1. The second kappa shape index (κ2) is 8.55. The first-order chi connectivity index (χ1) is 11.9. The number of fused-ring (bicyclic) bond motifs is 1. The zero-order chi connectivity index (χ0) is 18.4. The Morgan fingerprint density at radius 3 is 2.60 bits per heavy atom. The molecule has 1 atom stereocenters. The van der Waals surface area contributed by atoms with Crippen molar-refractivity contribution < 1.29 is 24.2 Å². The van der Waals surface area contributed by atoms with E-state index in [-0.39, 0.29) is 0 Å². The number of benzene rings is 1. The first-order valence-corrected chi connectivity index (χ1v) is 8.04. The lowest BCUT2D eigenvalue weighted by molar-refractivity contribution is -0.134. The van der Waals surface area contributed by atoms with Crippen LogP contribution in [-0.2, 0) is 9.59 Å². The van der Waals surface area contributed by atoms with Crippen molar-refractivity contribution in [2.24, 2.45) is 0 Å². The summed E-state index contributed by atoms with van der Waals surface area (Å²) in [5, 5.41) is 20.8. The Morgan fingerprint density at radius 2 is 2.00 bits per heavy atom. The van der Waals surface area contributed by atoms with Gasteiger partial charge >= 0.3 is 11.9 Å². The number of rotatable bonds is 3. The molecule has 1 aliphatic heterocycles. The van der Waals surface area contributed by atoms with E-state index in [9.17, 15) is 9.59 Å². The van der Waals surface area contributed by atoms with Crippen molar-refractivity contribution in [2.75, 3.05) is 24.5 Å². The van der Waals surface area contributed by atoms with Crippen LogP contribution in [0.2, 0.25) is 5.02 Å². The van der Waals surface area contributed by atoms with Crippen LogP contribution in [0.1, 0.15) is 6.92 Å². The van der Waals surface area contributed by atoms with Crippen molar-refractivity contribution in [1.29, 1.82) is 0 Å². The Hall–Kier alpha value is -2.51. The molecule has 7 nitrogen and oxygen atoms in total. The number of carboxylic acid groups (broad SMARTS) is 2. The summed E-state index contributed by atoms with van der Waals surface area (Å²) in [6, 6.07) is 6.35. The third-order valence-corrected chi connectivity index (χ3v) is 3.89. The van der Waals surface area contributed by atoms with Crippen molar-refractivity contribution in [3.63, 3.8) is 0 Å². The first kappa shape index (κ1) is 18.8. The molecule has 1 aliphatic rings. The maximum atomic E-state index is 9.55. The van der Waals surface area contributed by atoms with E-state index in [0.717, 1.165) is 41.3 Å². The van der Waals surface area contributed by atoms with Gasteiger partial charge in [0.25, 0.3) is 0 Å². The van der Waals surface area contributed by atoms with Crippen LogP contribution in [-0.4, -0.2) is 47.8 Å². The molecule has 1 aromatic carbocycles. The predicted octanol–water partition coefficient (Wildman–Crippen LogP) is 2.60. The van der Waals surface area contributed by atoms with Crippen molar-refractivity contribution in [2.45, 2.75) is 13.0 Å². The average Bonchev–Trinajstić information content (AvgIpc) is 3.01. The number of hydrogen-bond acceptors (Lipinski definition) is 5. The molecule has 3 N–H and O–H groups in total. The smallest absolute Gasteiger partial charge is 0.328 e. The highest BCUT2D eigenvalue weighted by atomic mass is 35.5. The second-order valence-electron chi connectivity index (χ2n) is 5.52. The van der Waals surface area contributed by atoms with Crippen LogP contribution in [0.5, 0.6) is 0 Å². The number of aliphatic carboxylic acids is 2. The van der Waals surface area contributed by atoms with Crippen LogP contribution in [0.25, 0.3) is 11.0 Å². The molecule has 0 bridgehead atoms. The molecule has 1 aromatic heterocycles. The molecule has 8 heteroatoms. The van der Waals surface area contributed by atoms with Gasteiger partial charge in [-0.3, -0.25) is 0 Å². The summed E-state index contributed by atoms with van der Waals surface area (Å²) < 4.78 is 5.58. The van der Waals surface area contributed by atoms with E-state index in [4.69, 9.17) is 26.2 Å². The minimum atomic E-state index is -1.26. The molecule has 1 fully saturated rings. The third-order valence-electron chi connectivity index (χ3n) is 3.68. The highest BCUT2D eigenvalue weighted by Crippen LogP contribution is 2.32. The molecule has 2 heterocycles. The van der Waals surface area contributed by atoms with E-state index in [2.05, 4.69) is 17.1 Å². The highest BCUT2D eigenvalue weighted by Gasteiger charge is 2.21. The number of anilines is 1. The quantitative estimate of drug-likeness (QED) is 0.717. The lowest BCUT2D eigenvalue weighted by atomic mass is 10.1. The van der Waals surface area contributed by atoms with Gasteiger partial charge in [-0.05, 0) is 25.1 Å². The lowest BCUT2D eigenvalue weighted by Gasteiger charge is -2.35. The van der Waals surface area contributed by atoms with E-state index >= 15 is 0 Å². The van der Waals surface area contributed by atoms with Crippen molar-refractivity contribution in [1.82, 2.24) is 5.32 Å². The maximum Gasteiger partial charge on any atom is 0.328 e. The second-order valence-corrected chi connectivity index (χ2v) is 5.96. The van der Waals surface area contributed by atoms with Gasteiger partial charge in [0, 0.05) is 48.2 Å². The van der Waals surface area contributed by atoms with Crippen LogP contribution < -0.4 is 10.2 Å². The minimum Gasteiger partial charge on any atom is -0.478 e. The summed E-state index contributed by atoms with van der Waals surface area (Å²) in [6.45, 7) is 5.19. The number of halogens is 1. The van der Waals surface area contributed by atoms with Gasteiger partial charge in [-0.15, -0.1) is 0 Å². The fourth-order valence-corrected chi connectivity index (χ4v) is 2.80. The van der Waals surface area contributed by atoms with E-state index in [1.807, 2.05) is 18.2 Å². The molecule has 1 saturated heterocycles. The van der Waals surface area contributed by atoms with Crippen LogP contribution in [0, 0.1) is 0 Å². The topological polar surface area (TPSA) is 103 Å². The zero-order valence-electron chi connectivity index (χ0n) is 13.6. The zero-order valence-corrected chi connectivity index (χ0v) is 14.4. The first-order valence-electron chi connectivity index (χ1n) is 7.66. The van der Waals surface area contributed by atoms with Gasteiger partial charge in [-0.2, -0.15) is 0 Å². The highest BCUT2D eigenvalue weighted by molar-refractivity contribution is 6.31. The molecular weight excluding hydrogens is 348 g/mol. The van der Waals surface area contributed by atoms with E-state index in [1.54, 1.807) is 6.26 Å². The molecule has 0 saturated carbocycles. The van der Waals surface area contributed by atoms with Crippen LogP contribution >= 0.6 is 11.6 Å². The summed E-state index contributed by atoms with van der Waals surface area (Å²) >= 11 is 6.16. The van der Waals surface area contributed by atoms with Gasteiger partial charge in [0.2, 0.25) is 0 Å². The van der Waals surface area contributed by atoms with Gasteiger partial charge in [-0.1, -0.05) is 11.6 Å². The van der Waals surface area contributed by atoms with Crippen molar-refractivity contribution in [3.8, 4) is 0 Å². The van der Waals surface area contributed by atoms with Gasteiger partial charge in [0.05, 0.1) is 12.0 Å². The Morgan fingerprint density at radius 1 is 1.32 bits per heavy atom. The molecule has 2 aromatic rings. The fraction of sp³-hybridized carbons (Fsp3) is 0.294. The summed E-state index contributed by atoms with van der Waals surface area (Å²) in [5.74, 6) is -2.51. The number of hydrogen-bond donors (Lipinski definition) is 3. The SMILES string of the molecule is C[C@H]1CNCCN1c1cc(Cl)cc2ccoc12.O=C(O)/C=C/C(=O)O. The predicted molar refractivity (Wildman–Crippen MR) is 95.3 cm³/mol. The molecule has 134 valence electrons. The number of carboxylic acids is 2. The summed E-state index contributed by atoms with van der Waals surface area (Å²) in [6.07, 6.45) is 2.84. The van der Waals surface area contributed by atoms with Crippen LogP contribution in [0.4, 0.5) is 5.69 Å². The van der Waals surface area contributed by atoms with E-state index in [1.165, 1.54) is 0 Å². The number of nitrogens with zero attached hydrogens (tertiary/aromatic N) is 1. The largest absolute Gasteiger partial charge is 0.478 e. The fourth-order valence-electron chi connectivity index (χ4n) is 2.58. The van der Waals surface area contributed by atoms with Gasteiger partial charge in [0.1, 0.15) is 0 Å². The average molecular weight is 367 g/mol. The summed E-state index contributed by atoms with van der Waals surface area (Å²) in [4.78, 5) is 21.5. The Bertz CT molecular complexity index is 770. The molecule has 3 rings (SSSR count). The Labute approximate surface area is 149 Å². The maximum absolute atomic E-state index is 9.55. The number of nitrogens with one attached hydrogen (secondary N) is 1. The number of furan rings is 1. The van der Waals surface area contributed by atoms with Crippen LogP contribution in [0.15, 0.2) is 41.0 Å². The normalized spacial score (nSPS) is 17.4. The molecule has 0 aliphatic carbocycles. The van der Waals surface area contributed by atoms with E-state index < -0.39 is 11.9 Å². The lowest BCUT2D eigenvalue weighted by Crippen LogP contribution is -2.50. The molecular formula is C17H19ClN2O5. The van der Waals surface area contributed by atoms with Gasteiger partial charge in [0.15, 0.2) is 5.58 Å². The van der Waals surface area contributed by atoms with Gasteiger partial charge in [-0.25, -0.2) is 9.59 Å². The molecule has 0 radical (unpaired) electrons. The monoisotopic (exact) mass is 366 g/mol. The minimum absolute atomic E-state index is 0.454. The molecule has 0 amide bonds. The van der Waals surface area contributed by atoms with Crippen molar-refractivity contribution >= 4 is 40.2 Å². The third kappa shape index (κ3) is 5.23. The summed E-state index contributed by atoms with van der Waals surface area (Å²) in [5.41, 5.74) is 2.04. The Kier molecular flexibility index (Phi) is 6.44. The van der Waals surface area contributed by atoms with E-state index in [0.29, 0.717) is 18.2 Å². The molecule has 0 spiro atoms. The number of carbonyl (C=O) groups is 2.